The fraction of sp³-hybridized carbons (Fsp3) is 0.550. The summed E-state index contributed by atoms with van der Waals surface area (Å²) in [4.78, 5) is 32.0. The number of aromatic nitrogens is 2. The number of nitrogens with zero attached hydrogens (tertiary/aromatic N) is 4. The van der Waals surface area contributed by atoms with Crippen LogP contribution in [0, 0.1) is 0 Å². The van der Waals surface area contributed by atoms with Gasteiger partial charge in [-0.25, -0.2) is 9.78 Å². The van der Waals surface area contributed by atoms with E-state index in [0.717, 1.165) is 29.0 Å². The van der Waals surface area contributed by atoms with Crippen LogP contribution in [-0.2, 0) is 16.2 Å². The zero-order valence-electron chi connectivity index (χ0n) is 17.4. The molecule has 0 radical (unpaired) electrons. The minimum atomic E-state index is -1.23. The van der Waals surface area contributed by atoms with Crippen molar-refractivity contribution in [1.82, 2.24) is 19.0 Å². The number of urea groups is 1. The van der Waals surface area contributed by atoms with E-state index in [1.165, 1.54) is 11.9 Å². The van der Waals surface area contributed by atoms with Gasteiger partial charge < -0.3 is 8.95 Å². The summed E-state index contributed by atoms with van der Waals surface area (Å²) in [6.07, 6.45) is 6.21. The average Bonchev–Trinajstić information content (AvgIpc) is 3.36. The standard InChI is InChI=1S/C20H27N5O3S/c1-12(22-29(28)20(2,3)4)15-10-24-9-14(13-6-7-13)8-16(18(24)21-15)25-11-17(26)23(5)19(25)27/h8-10,12-13,22H,6-7,11H2,1-5H3/t12-,29?/m1/s1. The van der Waals surface area contributed by atoms with Crippen molar-refractivity contribution in [2.75, 3.05) is 18.5 Å². The van der Waals surface area contributed by atoms with Crippen LogP contribution in [0.25, 0.3) is 5.65 Å². The summed E-state index contributed by atoms with van der Waals surface area (Å²) in [6.45, 7) is 7.69. The lowest BCUT2D eigenvalue weighted by atomic mass is 10.1. The normalized spacial score (nSPS) is 20.1. The van der Waals surface area contributed by atoms with Gasteiger partial charge in [-0.1, -0.05) is 0 Å². The van der Waals surface area contributed by atoms with Crippen molar-refractivity contribution in [3.8, 4) is 0 Å². The predicted octanol–water partition coefficient (Wildman–Crippen LogP) is 2.72. The Labute approximate surface area is 173 Å². The van der Waals surface area contributed by atoms with Crippen LogP contribution in [-0.4, -0.2) is 49.1 Å². The molecule has 1 aliphatic heterocycles. The molecule has 156 valence electrons. The van der Waals surface area contributed by atoms with Crippen LogP contribution in [0.3, 0.4) is 0 Å². The van der Waals surface area contributed by atoms with E-state index in [1.54, 1.807) is 0 Å². The highest BCUT2D eigenvalue weighted by atomic mass is 32.2. The van der Waals surface area contributed by atoms with Crippen LogP contribution >= 0.6 is 0 Å². The zero-order valence-corrected chi connectivity index (χ0v) is 18.2. The van der Waals surface area contributed by atoms with Crippen LogP contribution in [0.1, 0.15) is 63.8 Å². The number of amides is 3. The second-order valence-corrected chi connectivity index (χ2v) is 10.9. The number of pyridine rings is 1. The molecule has 2 fully saturated rings. The molecule has 1 saturated carbocycles. The summed E-state index contributed by atoms with van der Waals surface area (Å²) >= 11 is -1.23. The van der Waals surface area contributed by atoms with Gasteiger partial charge in [-0.15, -0.1) is 4.72 Å². The minimum Gasteiger partial charge on any atom is -0.598 e. The smallest absolute Gasteiger partial charge is 0.331 e. The van der Waals surface area contributed by atoms with Gasteiger partial charge >= 0.3 is 6.03 Å². The van der Waals surface area contributed by atoms with Gasteiger partial charge in [0, 0.05) is 30.8 Å². The largest absolute Gasteiger partial charge is 0.598 e. The third-order valence-electron chi connectivity index (χ3n) is 5.38. The number of imidazole rings is 1. The summed E-state index contributed by atoms with van der Waals surface area (Å²) in [7, 11) is 1.50. The van der Waals surface area contributed by atoms with Crippen molar-refractivity contribution in [3.05, 3.63) is 29.7 Å². The van der Waals surface area contributed by atoms with Gasteiger partial charge in [-0.3, -0.25) is 14.6 Å². The third-order valence-corrected chi connectivity index (χ3v) is 7.06. The van der Waals surface area contributed by atoms with E-state index in [-0.39, 0.29) is 29.3 Å². The fourth-order valence-corrected chi connectivity index (χ4v) is 4.15. The number of rotatable bonds is 5. The molecule has 2 atom stereocenters. The molecule has 1 saturated heterocycles. The quantitative estimate of drug-likeness (QED) is 0.596. The van der Waals surface area contributed by atoms with Gasteiger partial charge in [0.05, 0.1) is 17.4 Å². The molecule has 9 heteroatoms. The van der Waals surface area contributed by atoms with E-state index in [4.69, 9.17) is 4.98 Å². The number of hydrogen-bond donors (Lipinski definition) is 1. The monoisotopic (exact) mass is 417 g/mol. The van der Waals surface area contributed by atoms with Crippen molar-refractivity contribution in [1.29, 1.82) is 0 Å². The maximum absolute atomic E-state index is 12.6. The molecule has 0 spiro atoms. The Bertz CT molecular complexity index is 978. The lowest BCUT2D eigenvalue weighted by Crippen LogP contribution is -2.40. The van der Waals surface area contributed by atoms with E-state index in [0.29, 0.717) is 17.3 Å². The molecular weight excluding hydrogens is 390 g/mol. The summed E-state index contributed by atoms with van der Waals surface area (Å²) < 4.78 is 17.1. The number of imide groups is 1. The molecule has 4 rings (SSSR count). The lowest BCUT2D eigenvalue weighted by molar-refractivity contribution is -0.123. The molecule has 1 unspecified atom stereocenters. The molecule has 8 nitrogen and oxygen atoms in total. The second-order valence-electron chi connectivity index (χ2n) is 8.87. The van der Waals surface area contributed by atoms with Crippen LogP contribution in [0.4, 0.5) is 10.5 Å². The third kappa shape index (κ3) is 3.74. The Morgan fingerprint density at radius 2 is 1.97 bits per heavy atom. The Morgan fingerprint density at radius 1 is 1.28 bits per heavy atom. The molecule has 29 heavy (non-hydrogen) atoms. The van der Waals surface area contributed by atoms with E-state index >= 15 is 0 Å². The number of anilines is 1. The van der Waals surface area contributed by atoms with Crippen molar-refractivity contribution >= 4 is 34.6 Å². The number of likely N-dealkylation sites (N-methyl/N-ethyl adjacent to an activating group) is 1. The summed E-state index contributed by atoms with van der Waals surface area (Å²) in [5.41, 5.74) is 3.15. The van der Waals surface area contributed by atoms with Gasteiger partial charge in [0.2, 0.25) is 5.91 Å². The molecule has 3 amide bonds. The maximum Gasteiger partial charge on any atom is 0.331 e. The topological polar surface area (TPSA) is 93.0 Å². The maximum atomic E-state index is 12.6. The van der Waals surface area contributed by atoms with E-state index in [2.05, 4.69) is 4.72 Å². The van der Waals surface area contributed by atoms with Crippen LogP contribution in [0.2, 0.25) is 0 Å². The van der Waals surface area contributed by atoms with Crippen LogP contribution < -0.4 is 9.62 Å². The van der Waals surface area contributed by atoms with Crippen molar-refractivity contribution in [3.63, 3.8) is 0 Å². The molecule has 1 aliphatic carbocycles. The molecule has 1 N–H and O–H groups in total. The molecule has 0 aromatic carbocycles. The molecular formula is C20H27N5O3S. The first-order chi connectivity index (χ1) is 13.6. The fourth-order valence-electron chi connectivity index (χ4n) is 3.35. The SMILES string of the molecule is C[C@@H](N[S+]([O-])C(C)(C)C)c1cn2cc(C3CC3)cc(N3CC(=O)N(C)C3=O)c2n1. The number of fused-ring (bicyclic) bond motifs is 1. The second kappa shape index (κ2) is 7.00. The highest BCUT2D eigenvalue weighted by Gasteiger charge is 2.37. The van der Waals surface area contributed by atoms with E-state index < -0.39 is 11.4 Å². The van der Waals surface area contributed by atoms with Gasteiger partial charge in [-0.2, -0.15) is 0 Å². The molecule has 0 bridgehead atoms. The molecule has 2 aromatic heterocycles. The lowest BCUT2D eigenvalue weighted by Gasteiger charge is -2.25. The van der Waals surface area contributed by atoms with Gasteiger partial charge in [0.25, 0.3) is 0 Å². The highest BCUT2D eigenvalue weighted by Crippen LogP contribution is 2.42. The Balaban J connectivity index is 1.73. The van der Waals surface area contributed by atoms with Gasteiger partial charge in [0.15, 0.2) is 5.65 Å². The first kappa shape index (κ1) is 20.2. The van der Waals surface area contributed by atoms with Crippen LogP contribution in [0.5, 0.6) is 0 Å². The zero-order chi connectivity index (χ0) is 21.1. The Morgan fingerprint density at radius 3 is 2.52 bits per heavy atom. The summed E-state index contributed by atoms with van der Waals surface area (Å²) in [5.74, 6) is 0.256. The number of carbonyl (C=O) groups excluding carboxylic acids is 2. The van der Waals surface area contributed by atoms with Crippen molar-refractivity contribution in [2.24, 2.45) is 0 Å². The predicted molar refractivity (Wildman–Crippen MR) is 112 cm³/mol. The Hall–Kier alpha value is -2.10. The summed E-state index contributed by atoms with van der Waals surface area (Å²) in [5, 5.41) is 0. The van der Waals surface area contributed by atoms with E-state index in [1.807, 2.05) is 50.6 Å². The number of hydrogen-bond acceptors (Lipinski definition) is 5. The molecule has 3 heterocycles. The summed E-state index contributed by atoms with van der Waals surface area (Å²) in [6, 6.07) is 1.42. The van der Waals surface area contributed by atoms with Gasteiger partial charge in [0.1, 0.15) is 11.3 Å². The highest BCUT2D eigenvalue weighted by molar-refractivity contribution is 7.90. The number of carbonyl (C=O) groups is 2. The van der Waals surface area contributed by atoms with Crippen molar-refractivity contribution in [2.45, 2.75) is 57.2 Å². The average molecular weight is 418 g/mol. The molecule has 2 aromatic rings. The first-order valence-corrected chi connectivity index (χ1v) is 11.0. The van der Waals surface area contributed by atoms with Crippen LogP contribution in [0.15, 0.2) is 18.5 Å². The van der Waals surface area contributed by atoms with Crippen molar-refractivity contribution < 1.29 is 14.1 Å². The van der Waals surface area contributed by atoms with E-state index in [9.17, 15) is 14.1 Å². The minimum absolute atomic E-state index is 0.0170. The van der Waals surface area contributed by atoms with Gasteiger partial charge in [-0.05, 0) is 58.1 Å². The number of nitrogens with one attached hydrogen (secondary N) is 1. The first-order valence-electron chi connectivity index (χ1n) is 9.85. The molecule has 2 aliphatic rings. The Kier molecular flexibility index (Phi) is 4.87.